The van der Waals surface area contributed by atoms with Gasteiger partial charge in [0.05, 0.1) is 0 Å². The van der Waals surface area contributed by atoms with Crippen LogP contribution in [0, 0.1) is 0 Å². The van der Waals surface area contributed by atoms with Crippen LogP contribution in [0.25, 0.3) is 0 Å². The molecule has 1 saturated heterocycles. The summed E-state index contributed by atoms with van der Waals surface area (Å²) >= 11 is 0. The summed E-state index contributed by atoms with van der Waals surface area (Å²) < 4.78 is 0. The van der Waals surface area contributed by atoms with E-state index in [1.807, 2.05) is 0 Å². The molecule has 0 spiro atoms. The molecule has 0 aliphatic carbocycles. The number of nitrogens with one attached hydrogen (secondary N) is 1. The van der Waals surface area contributed by atoms with Crippen LogP contribution in [0.4, 0.5) is 0 Å². The van der Waals surface area contributed by atoms with E-state index >= 15 is 0 Å². The van der Waals surface area contributed by atoms with Gasteiger partial charge in [0.25, 0.3) is 0 Å². The molecule has 2 nitrogen and oxygen atoms in total. The smallest absolute Gasteiger partial charge is 0.0487 e. The van der Waals surface area contributed by atoms with Crippen molar-refractivity contribution in [1.82, 2.24) is 10.2 Å². The van der Waals surface area contributed by atoms with Gasteiger partial charge in [-0.05, 0) is 6.42 Å². The normalized spacial score (nSPS) is 34.9. The average Bonchev–Trinajstić information content (AvgIpc) is 2.33. The second kappa shape index (κ2) is 2.12. The fourth-order valence-corrected chi connectivity index (χ4v) is 1.54. The van der Waals surface area contributed by atoms with Crippen LogP contribution in [0.15, 0.2) is 12.2 Å². The summed E-state index contributed by atoms with van der Waals surface area (Å²) in [6, 6.07) is 0.801. The monoisotopic (exact) mass is 124 g/mol. The van der Waals surface area contributed by atoms with Gasteiger partial charge in [0.2, 0.25) is 0 Å². The third kappa shape index (κ3) is 0.884. The fourth-order valence-electron chi connectivity index (χ4n) is 1.54. The number of nitrogens with zero attached hydrogens (tertiary/aromatic N) is 1. The Labute approximate surface area is 55.5 Å². The van der Waals surface area contributed by atoms with Gasteiger partial charge in [-0.1, -0.05) is 12.2 Å². The second-order valence-electron chi connectivity index (χ2n) is 2.74. The van der Waals surface area contributed by atoms with Crippen molar-refractivity contribution in [1.29, 1.82) is 0 Å². The maximum absolute atomic E-state index is 3.35. The summed E-state index contributed by atoms with van der Waals surface area (Å²) in [6.07, 6.45) is 5.78. The third-order valence-corrected chi connectivity index (χ3v) is 2.13. The molecule has 2 heterocycles. The molecule has 0 bridgehead atoms. The lowest BCUT2D eigenvalue weighted by molar-refractivity contribution is 0.276. The van der Waals surface area contributed by atoms with Crippen LogP contribution in [0.5, 0.6) is 0 Å². The molecule has 1 unspecified atom stereocenters. The van der Waals surface area contributed by atoms with Gasteiger partial charge >= 0.3 is 0 Å². The van der Waals surface area contributed by atoms with E-state index in [0.29, 0.717) is 0 Å². The molecule has 0 radical (unpaired) electrons. The summed E-state index contributed by atoms with van der Waals surface area (Å²) in [5.74, 6) is 0. The minimum Gasteiger partial charge on any atom is -0.303 e. The predicted octanol–water partition coefficient (Wildman–Crippen LogP) is 0.178. The number of rotatable bonds is 0. The minimum atomic E-state index is 0.801. The van der Waals surface area contributed by atoms with Gasteiger partial charge in [-0.3, -0.25) is 4.90 Å². The number of hydrogen-bond donors (Lipinski definition) is 1. The van der Waals surface area contributed by atoms with Gasteiger partial charge in [-0.2, -0.15) is 0 Å². The molecule has 2 aliphatic heterocycles. The van der Waals surface area contributed by atoms with Crippen molar-refractivity contribution >= 4 is 0 Å². The molecule has 0 amide bonds. The summed E-state index contributed by atoms with van der Waals surface area (Å²) in [4.78, 5) is 2.47. The lowest BCUT2D eigenvalue weighted by atomic mass is 10.1. The van der Waals surface area contributed by atoms with Crippen molar-refractivity contribution in [3.05, 3.63) is 12.2 Å². The van der Waals surface area contributed by atoms with Crippen molar-refractivity contribution in [2.24, 2.45) is 0 Å². The van der Waals surface area contributed by atoms with E-state index in [4.69, 9.17) is 0 Å². The van der Waals surface area contributed by atoms with Gasteiger partial charge in [0.1, 0.15) is 0 Å². The largest absolute Gasteiger partial charge is 0.303 e. The first-order valence-electron chi connectivity index (χ1n) is 3.56. The molecule has 1 fully saturated rings. The molecule has 9 heavy (non-hydrogen) atoms. The van der Waals surface area contributed by atoms with Crippen molar-refractivity contribution < 1.29 is 0 Å². The highest BCUT2D eigenvalue weighted by atomic mass is 15.3. The number of fused-ring (bicyclic) bond motifs is 1. The van der Waals surface area contributed by atoms with E-state index in [1.54, 1.807) is 0 Å². The van der Waals surface area contributed by atoms with Gasteiger partial charge in [0.15, 0.2) is 0 Å². The second-order valence-corrected chi connectivity index (χ2v) is 2.74. The maximum Gasteiger partial charge on any atom is 0.0487 e. The molecular weight excluding hydrogens is 112 g/mol. The highest BCUT2D eigenvalue weighted by Crippen LogP contribution is 2.12. The van der Waals surface area contributed by atoms with Crippen LogP contribution in [0.1, 0.15) is 6.42 Å². The first-order chi connectivity index (χ1) is 4.47. The van der Waals surface area contributed by atoms with Crippen molar-refractivity contribution in [3.8, 4) is 0 Å². The molecule has 0 aromatic carbocycles. The van der Waals surface area contributed by atoms with Crippen LogP contribution in [-0.4, -0.2) is 30.7 Å². The quantitative estimate of drug-likeness (QED) is 0.463. The Bertz CT molecular complexity index is 117. The Morgan fingerprint density at radius 3 is 3.33 bits per heavy atom. The van der Waals surface area contributed by atoms with Crippen LogP contribution in [-0.2, 0) is 0 Å². The standard InChI is InChI=1S/C7H12N2/c1-2-4-9-6-8-5-7(9)3-1/h1-2,7-8H,3-6H2. The first kappa shape index (κ1) is 5.45. The van der Waals surface area contributed by atoms with Crippen LogP contribution in [0.2, 0.25) is 0 Å². The van der Waals surface area contributed by atoms with Crippen molar-refractivity contribution in [3.63, 3.8) is 0 Å². The highest BCUT2D eigenvalue weighted by Gasteiger charge is 2.23. The molecule has 0 saturated carbocycles. The molecule has 2 heteroatoms. The number of hydrogen-bond acceptors (Lipinski definition) is 2. The Hall–Kier alpha value is -0.340. The van der Waals surface area contributed by atoms with Gasteiger partial charge in [0, 0.05) is 25.8 Å². The summed E-state index contributed by atoms with van der Waals surface area (Å²) in [5.41, 5.74) is 0. The van der Waals surface area contributed by atoms with Gasteiger partial charge in [-0.25, -0.2) is 0 Å². The van der Waals surface area contributed by atoms with E-state index in [2.05, 4.69) is 22.4 Å². The topological polar surface area (TPSA) is 15.3 Å². The zero-order valence-corrected chi connectivity index (χ0v) is 5.51. The summed E-state index contributed by atoms with van der Waals surface area (Å²) in [7, 11) is 0. The maximum atomic E-state index is 3.35. The zero-order chi connectivity index (χ0) is 6.10. The molecule has 50 valence electrons. The van der Waals surface area contributed by atoms with Crippen LogP contribution < -0.4 is 5.32 Å². The minimum absolute atomic E-state index is 0.801. The van der Waals surface area contributed by atoms with Crippen LogP contribution in [0.3, 0.4) is 0 Å². The lowest BCUT2D eigenvalue weighted by Crippen LogP contribution is -2.32. The van der Waals surface area contributed by atoms with Crippen molar-refractivity contribution in [2.75, 3.05) is 19.8 Å². The third-order valence-electron chi connectivity index (χ3n) is 2.13. The Morgan fingerprint density at radius 1 is 1.44 bits per heavy atom. The zero-order valence-electron chi connectivity index (χ0n) is 5.51. The summed E-state index contributed by atoms with van der Waals surface area (Å²) in [5, 5.41) is 3.35. The van der Waals surface area contributed by atoms with E-state index in [1.165, 1.54) is 13.0 Å². The predicted molar refractivity (Wildman–Crippen MR) is 37.1 cm³/mol. The van der Waals surface area contributed by atoms with E-state index < -0.39 is 0 Å². The fraction of sp³-hybridized carbons (Fsp3) is 0.714. The van der Waals surface area contributed by atoms with Gasteiger partial charge in [-0.15, -0.1) is 0 Å². The van der Waals surface area contributed by atoms with Crippen LogP contribution >= 0.6 is 0 Å². The molecule has 2 rings (SSSR count). The highest BCUT2D eigenvalue weighted by molar-refractivity contribution is 4.98. The Kier molecular flexibility index (Phi) is 1.28. The summed E-state index contributed by atoms with van der Waals surface area (Å²) in [6.45, 7) is 3.43. The molecule has 2 aliphatic rings. The Balaban J connectivity index is 2.07. The molecule has 0 aromatic heterocycles. The van der Waals surface area contributed by atoms with E-state index in [0.717, 1.165) is 19.3 Å². The van der Waals surface area contributed by atoms with E-state index in [9.17, 15) is 0 Å². The van der Waals surface area contributed by atoms with Gasteiger partial charge < -0.3 is 5.32 Å². The SMILES string of the molecule is C1=CCN2CNCC2C1. The first-order valence-corrected chi connectivity index (χ1v) is 3.56. The average molecular weight is 124 g/mol. The molecule has 1 atom stereocenters. The van der Waals surface area contributed by atoms with E-state index in [-0.39, 0.29) is 0 Å². The Morgan fingerprint density at radius 2 is 2.44 bits per heavy atom. The van der Waals surface area contributed by atoms with Crippen molar-refractivity contribution in [2.45, 2.75) is 12.5 Å². The molecular formula is C7H12N2. The lowest BCUT2D eigenvalue weighted by Gasteiger charge is -2.23. The molecule has 1 N–H and O–H groups in total. The molecule has 0 aromatic rings.